The van der Waals surface area contributed by atoms with Gasteiger partial charge in [-0.15, -0.1) is 11.3 Å². The number of aromatic nitrogens is 1. The van der Waals surface area contributed by atoms with Crippen LogP contribution in [0.1, 0.15) is 16.1 Å². The van der Waals surface area contributed by atoms with Gasteiger partial charge in [0.1, 0.15) is 23.1 Å². The molecular weight excluding hydrogens is 419 g/mol. The number of amides is 1. The molecule has 28 heavy (non-hydrogen) atoms. The van der Waals surface area contributed by atoms with E-state index < -0.39 is 0 Å². The van der Waals surface area contributed by atoms with Crippen molar-refractivity contribution in [3.63, 3.8) is 0 Å². The maximum atomic E-state index is 12.0. The highest BCUT2D eigenvalue weighted by Crippen LogP contribution is 2.27. The largest absolute Gasteiger partial charge is 0.489 e. The number of benzene rings is 2. The number of hydrogen-bond donors (Lipinski definition) is 1. The van der Waals surface area contributed by atoms with Crippen molar-refractivity contribution >= 4 is 40.4 Å². The van der Waals surface area contributed by atoms with Crippen molar-refractivity contribution in [2.75, 3.05) is 20.3 Å². The first-order chi connectivity index (χ1) is 13.6. The molecule has 0 radical (unpaired) electrons. The minimum absolute atomic E-state index is 0.209. The van der Waals surface area contributed by atoms with E-state index in [0.29, 0.717) is 41.2 Å². The number of nitrogens with one attached hydrogen (secondary N) is 1. The van der Waals surface area contributed by atoms with E-state index in [2.05, 4.69) is 10.3 Å². The number of carbonyl (C=O) groups is 1. The van der Waals surface area contributed by atoms with E-state index in [4.69, 9.17) is 32.7 Å². The number of ether oxygens (including phenoxy) is 2. The summed E-state index contributed by atoms with van der Waals surface area (Å²) in [5.74, 6) is 0.503. The zero-order valence-corrected chi connectivity index (χ0v) is 17.4. The van der Waals surface area contributed by atoms with Crippen molar-refractivity contribution in [3.8, 4) is 16.3 Å². The fraction of sp³-hybridized carbons (Fsp3) is 0.200. The normalized spacial score (nSPS) is 10.7. The second-order valence-corrected chi connectivity index (χ2v) is 7.54. The number of halogens is 2. The quantitative estimate of drug-likeness (QED) is 0.500. The zero-order valence-electron chi connectivity index (χ0n) is 15.1. The highest BCUT2D eigenvalue weighted by Gasteiger charge is 2.11. The minimum atomic E-state index is -0.209. The molecule has 3 rings (SSSR count). The minimum Gasteiger partial charge on any atom is -0.489 e. The molecule has 1 aromatic heterocycles. The molecule has 146 valence electrons. The fourth-order valence-electron chi connectivity index (χ4n) is 2.36. The van der Waals surface area contributed by atoms with Gasteiger partial charge in [0.25, 0.3) is 5.91 Å². The number of nitrogens with zero attached hydrogens (tertiary/aromatic N) is 1. The van der Waals surface area contributed by atoms with Crippen molar-refractivity contribution in [2.24, 2.45) is 0 Å². The van der Waals surface area contributed by atoms with Gasteiger partial charge in [-0.1, -0.05) is 29.3 Å². The lowest BCUT2D eigenvalue weighted by atomic mass is 10.2. The molecule has 0 aliphatic rings. The molecule has 0 bridgehead atoms. The number of methoxy groups -OCH3 is 1. The first kappa shape index (κ1) is 20.6. The van der Waals surface area contributed by atoms with Crippen LogP contribution in [0, 0.1) is 0 Å². The van der Waals surface area contributed by atoms with Gasteiger partial charge in [0.15, 0.2) is 0 Å². The zero-order chi connectivity index (χ0) is 19.9. The van der Waals surface area contributed by atoms with E-state index in [0.717, 1.165) is 16.1 Å². The van der Waals surface area contributed by atoms with Crippen LogP contribution in [0.5, 0.6) is 5.75 Å². The highest BCUT2D eigenvalue weighted by molar-refractivity contribution is 7.13. The summed E-state index contributed by atoms with van der Waals surface area (Å²) in [7, 11) is 1.59. The maximum absolute atomic E-state index is 12.0. The Kier molecular flexibility index (Phi) is 7.28. The summed E-state index contributed by atoms with van der Waals surface area (Å²) in [4.78, 5) is 16.4. The second kappa shape index (κ2) is 9.89. The van der Waals surface area contributed by atoms with Crippen LogP contribution in [0.2, 0.25) is 10.0 Å². The Balaban J connectivity index is 1.60. The summed E-state index contributed by atoms with van der Waals surface area (Å²) < 4.78 is 10.7. The van der Waals surface area contributed by atoms with Crippen molar-refractivity contribution in [1.29, 1.82) is 0 Å². The van der Waals surface area contributed by atoms with E-state index in [1.54, 1.807) is 24.6 Å². The predicted molar refractivity (Wildman–Crippen MR) is 113 cm³/mol. The topological polar surface area (TPSA) is 60.5 Å². The molecule has 0 fully saturated rings. The number of rotatable bonds is 8. The summed E-state index contributed by atoms with van der Waals surface area (Å²) in [6, 6.07) is 12.8. The van der Waals surface area contributed by atoms with Gasteiger partial charge in [0.2, 0.25) is 0 Å². The smallest absolute Gasteiger partial charge is 0.270 e. The molecule has 0 atom stereocenters. The second-order valence-electron chi connectivity index (χ2n) is 5.84. The molecule has 0 spiro atoms. The third-order valence-electron chi connectivity index (χ3n) is 3.84. The van der Waals surface area contributed by atoms with Gasteiger partial charge in [-0.25, -0.2) is 4.98 Å². The van der Waals surface area contributed by atoms with Gasteiger partial charge in [-0.3, -0.25) is 4.79 Å². The van der Waals surface area contributed by atoms with Crippen LogP contribution in [0.25, 0.3) is 10.6 Å². The van der Waals surface area contributed by atoms with Gasteiger partial charge >= 0.3 is 0 Å². The molecule has 0 aliphatic carbocycles. The Bertz CT molecular complexity index is 945. The average Bonchev–Trinajstić information content (AvgIpc) is 3.18. The molecule has 1 heterocycles. The van der Waals surface area contributed by atoms with Gasteiger partial charge in [-0.2, -0.15) is 0 Å². The van der Waals surface area contributed by atoms with Crippen LogP contribution in [-0.4, -0.2) is 31.2 Å². The predicted octanol–water partition coefficient (Wildman–Crippen LogP) is 5.07. The molecule has 1 amide bonds. The average molecular weight is 437 g/mol. The number of hydrogen-bond acceptors (Lipinski definition) is 5. The van der Waals surface area contributed by atoms with E-state index >= 15 is 0 Å². The van der Waals surface area contributed by atoms with Gasteiger partial charge < -0.3 is 14.8 Å². The highest BCUT2D eigenvalue weighted by atomic mass is 35.5. The molecule has 2 aromatic carbocycles. The molecule has 0 saturated carbocycles. The lowest BCUT2D eigenvalue weighted by molar-refractivity contribution is 0.0933. The Morgan fingerprint density at radius 3 is 2.68 bits per heavy atom. The summed E-state index contributed by atoms with van der Waals surface area (Å²) in [6.45, 7) is 1.26. The van der Waals surface area contributed by atoms with Gasteiger partial charge in [0.05, 0.1) is 6.61 Å². The fourth-order valence-corrected chi connectivity index (χ4v) is 3.63. The third-order valence-corrected chi connectivity index (χ3v) is 5.32. The van der Waals surface area contributed by atoms with Gasteiger partial charge in [0, 0.05) is 40.2 Å². The molecule has 5 nitrogen and oxygen atoms in total. The SMILES string of the molecule is COCCNC(=O)c1csc(-c2ccc(OCc3ccc(Cl)cc3Cl)cc2)n1. The van der Waals surface area contributed by atoms with Crippen LogP contribution < -0.4 is 10.1 Å². The van der Waals surface area contributed by atoms with E-state index in [9.17, 15) is 4.79 Å². The lowest BCUT2D eigenvalue weighted by Gasteiger charge is -2.08. The van der Waals surface area contributed by atoms with Crippen LogP contribution in [0.15, 0.2) is 47.8 Å². The van der Waals surface area contributed by atoms with Crippen molar-refractivity contribution in [1.82, 2.24) is 10.3 Å². The molecule has 8 heteroatoms. The Morgan fingerprint density at radius 1 is 1.18 bits per heavy atom. The monoisotopic (exact) mass is 436 g/mol. The first-order valence-corrected chi connectivity index (χ1v) is 10.1. The van der Waals surface area contributed by atoms with Crippen molar-refractivity contribution in [2.45, 2.75) is 6.61 Å². The molecule has 0 unspecified atom stereocenters. The van der Waals surface area contributed by atoms with E-state index in [1.165, 1.54) is 11.3 Å². The van der Waals surface area contributed by atoms with Crippen LogP contribution >= 0.6 is 34.5 Å². The first-order valence-electron chi connectivity index (χ1n) is 8.46. The number of carbonyl (C=O) groups excluding carboxylic acids is 1. The molecule has 0 aliphatic heterocycles. The standard InChI is InChI=1S/C20H18Cl2N2O3S/c1-26-9-8-23-19(25)18-12-28-20(24-18)13-3-6-16(7-4-13)27-11-14-2-5-15(21)10-17(14)22/h2-7,10,12H,8-9,11H2,1H3,(H,23,25). The van der Waals surface area contributed by atoms with Crippen LogP contribution in [0.3, 0.4) is 0 Å². The number of thiazole rings is 1. The summed E-state index contributed by atoms with van der Waals surface area (Å²) in [5, 5.41) is 6.43. The Morgan fingerprint density at radius 2 is 1.96 bits per heavy atom. The molecule has 3 aromatic rings. The summed E-state index contributed by atoms with van der Waals surface area (Å²) in [6.07, 6.45) is 0. The van der Waals surface area contributed by atoms with Crippen molar-refractivity contribution < 1.29 is 14.3 Å². The van der Waals surface area contributed by atoms with Crippen molar-refractivity contribution in [3.05, 3.63) is 69.1 Å². The summed E-state index contributed by atoms with van der Waals surface area (Å²) in [5.41, 5.74) is 2.17. The van der Waals surface area contributed by atoms with E-state index in [-0.39, 0.29) is 5.91 Å². The molecular formula is C20H18Cl2N2O3S. The Hall–Kier alpha value is -2.12. The third kappa shape index (κ3) is 5.45. The van der Waals surface area contributed by atoms with Crippen LogP contribution in [-0.2, 0) is 11.3 Å². The van der Waals surface area contributed by atoms with Gasteiger partial charge in [-0.05, 0) is 36.4 Å². The summed E-state index contributed by atoms with van der Waals surface area (Å²) >= 11 is 13.5. The molecule has 1 N–H and O–H groups in total. The van der Waals surface area contributed by atoms with Crippen LogP contribution in [0.4, 0.5) is 0 Å². The van der Waals surface area contributed by atoms with E-state index in [1.807, 2.05) is 30.3 Å². The Labute approximate surface area is 177 Å². The maximum Gasteiger partial charge on any atom is 0.270 e. The molecule has 0 saturated heterocycles. The lowest BCUT2D eigenvalue weighted by Crippen LogP contribution is -2.27.